The Bertz CT molecular complexity index is 878. The van der Waals surface area contributed by atoms with Crippen LogP contribution in [-0.4, -0.2) is 24.9 Å². The SMILES string of the molecule is COC(=O)c1cccc(NC(=O)C2CC2C(=O)NCc2ccccc2C)c1. The molecule has 6 heteroatoms. The predicted molar refractivity (Wildman–Crippen MR) is 101 cm³/mol. The van der Waals surface area contributed by atoms with Crippen LogP contribution in [0.1, 0.15) is 27.9 Å². The van der Waals surface area contributed by atoms with E-state index in [1.807, 2.05) is 31.2 Å². The highest BCUT2D eigenvalue weighted by molar-refractivity contribution is 6.00. The van der Waals surface area contributed by atoms with Crippen molar-refractivity contribution in [3.63, 3.8) is 0 Å². The Balaban J connectivity index is 1.52. The van der Waals surface area contributed by atoms with Gasteiger partial charge in [0.05, 0.1) is 24.5 Å². The number of anilines is 1. The summed E-state index contributed by atoms with van der Waals surface area (Å²) in [5.74, 6) is -1.44. The zero-order chi connectivity index (χ0) is 19.4. The molecular weight excluding hydrogens is 344 g/mol. The standard InChI is InChI=1S/C21H22N2O4/c1-13-6-3-4-7-15(13)12-22-19(24)17-11-18(17)20(25)23-16-9-5-8-14(10-16)21(26)27-2/h3-10,17-18H,11-12H2,1-2H3,(H,22,24)(H,23,25). The number of amides is 2. The van der Waals surface area contributed by atoms with Crippen LogP contribution in [0.25, 0.3) is 0 Å². The van der Waals surface area contributed by atoms with E-state index in [1.54, 1.807) is 24.3 Å². The van der Waals surface area contributed by atoms with E-state index in [9.17, 15) is 14.4 Å². The molecule has 2 aromatic rings. The second-order valence-corrected chi connectivity index (χ2v) is 6.65. The Hall–Kier alpha value is -3.15. The Morgan fingerprint density at radius 2 is 1.78 bits per heavy atom. The van der Waals surface area contributed by atoms with Crippen LogP contribution in [0.3, 0.4) is 0 Å². The third kappa shape index (κ3) is 4.53. The third-order valence-electron chi connectivity index (χ3n) is 4.73. The topological polar surface area (TPSA) is 84.5 Å². The summed E-state index contributed by atoms with van der Waals surface area (Å²) in [6.07, 6.45) is 0.530. The summed E-state index contributed by atoms with van der Waals surface area (Å²) in [4.78, 5) is 36.2. The molecule has 1 fully saturated rings. The molecule has 2 N–H and O–H groups in total. The lowest BCUT2D eigenvalue weighted by Gasteiger charge is -2.08. The summed E-state index contributed by atoms with van der Waals surface area (Å²) in [6, 6.07) is 14.4. The molecule has 2 aromatic carbocycles. The van der Waals surface area contributed by atoms with Crippen molar-refractivity contribution >= 4 is 23.5 Å². The van der Waals surface area contributed by atoms with Crippen molar-refractivity contribution in [1.29, 1.82) is 0 Å². The molecule has 0 radical (unpaired) electrons. The number of esters is 1. The van der Waals surface area contributed by atoms with E-state index in [0.717, 1.165) is 11.1 Å². The molecule has 0 spiro atoms. The number of carbonyl (C=O) groups excluding carboxylic acids is 3. The number of benzene rings is 2. The summed E-state index contributed by atoms with van der Waals surface area (Å²) in [6.45, 7) is 2.45. The number of methoxy groups -OCH3 is 1. The van der Waals surface area contributed by atoms with Crippen molar-refractivity contribution in [2.75, 3.05) is 12.4 Å². The maximum Gasteiger partial charge on any atom is 0.337 e. The first-order valence-electron chi connectivity index (χ1n) is 8.81. The van der Waals surface area contributed by atoms with E-state index in [2.05, 4.69) is 15.4 Å². The van der Waals surface area contributed by atoms with Gasteiger partial charge in [0, 0.05) is 12.2 Å². The molecule has 3 rings (SSSR count). The van der Waals surface area contributed by atoms with Crippen molar-refractivity contribution in [3.05, 3.63) is 65.2 Å². The van der Waals surface area contributed by atoms with Gasteiger partial charge < -0.3 is 15.4 Å². The minimum absolute atomic E-state index is 0.110. The Kier molecular flexibility index (Phi) is 5.54. The summed E-state index contributed by atoms with van der Waals surface area (Å²) in [5, 5.41) is 5.67. The molecule has 2 amide bonds. The molecular formula is C21H22N2O4. The highest BCUT2D eigenvalue weighted by atomic mass is 16.5. The van der Waals surface area contributed by atoms with Gasteiger partial charge in [0.25, 0.3) is 0 Å². The van der Waals surface area contributed by atoms with Crippen LogP contribution in [0, 0.1) is 18.8 Å². The Labute approximate surface area is 157 Å². The quantitative estimate of drug-likeness (QED) is 0.770. The first kappa shape index (κ1) is 18.6. The molecule has 0 saturated heterocycles. The van der Waals surface area contributed by atoms with E-state index in [1.165, 1.54) is 7.11 Å². The number of rotatable bonds is 6. The molecule has 0 aromatic heterocycles. The van der Waals surface area contributed by atoms with Gasteiger partial charge in [-0.2, -0.15) is 0 Å². The number of aryl methyl sites for hydroxylation is 1. The Morgan fingerprint density at radius 1 is 1.04 bits per heavy atom. The minimum Gasteiger partial charge on any atom is -0.465 e. The van der Waals surface area contributed by atoms with Crippen LogP contribution in [-0.2, 0) is 20.9 Å². The van der Waals surface area contributed by atoms with Gasteiger partial charge in [0.2, 0.25) is 11.8 Å². The number of hydrogen-bond donors (Lipinski definition) is 2. The van der Waals surface area contributed by atoms with Crippen LogP contribution >= 0.6 is 0 Å². The van der Waals surface area contributed by atoms with Gasteiger partial charge in [-0.3, -0.25) is 9.59 Å². The fourth-order valence-electron chi connectivity index (χ4n) is 2.97. The average molecular weight is 366 g/mol. The highest BCUT2D eigenvalue weighted by Crippen LogP contribution is 2.39. The van der Waals surface area contributed by atoms with Gasteiger partial charge in [-0.1, -0.05) is 30.3 Å². The van der Waals surface area contributed by atoms with Gasteiger partial charge in [-0.15, -0.1) is 0 Å². The minimum atomic E-state index is -0.467. The van der Waals surface area contributed by atoms with Crippen LogP contribution in [0.4, 0.5) is 5.69 Å². The predicted octanol–water partition coefficient (Wildman–Crippen LogP) is 2.67. The maximum atomic E-state index is 12.4. The third-order valence-corrected chi connectivity index (χ3v) is 4.73. The monoisotopic (exact) mass is 366 g/mol. The average Bonchev–Trinajstić information content (AvgIpc) is 3.48. The van der Waals surface area contributed by atoms with Crippen molar-refractivity contribution in [2.24, 2.45) is 11.8 Å². The number of carbonyl (C=O) groups is 3. The molecule has 0 aliphatic heterocycles. The van der Waals surface area contributed by atoms with Gasteiger partial charge >= 0.3 is 5.97 Å². The summed E-state index contributed by atoms with van der Waals surface area (Å²) in [5.41, 5.74) is 3.05. The zero-order valence-corrected chi connectivity index (χ0v) is 15.3. The molecule has 140 valence electrons. The molecule has 6 nitrogen and oxygen atoms in total. The largest absolute Gasteiger partial charge is 0.465 e. The summed E-state index contributed by atoms with van der Waals surface area (Å²) < 4.78 is 4.67. The van der Waals surface area contributed by atoms with E-state index in [-0.39, 0.29) is 23.7 Å². The first-order chi connectivity index (χ1) is 13.0. The first-order valence-corrected chi connectivity index (χ1v) is 8.81. The van der Waals surface area contributed by atoms with Crippen molar-refractivity contribution in [3.8, 4) is 0 Å². The second-order valence-electron chi connectivity index (χ2n) is 6.65. The molecule has 27 heavy (non-hydrogen) atoms. The molecule has 1 aliphatic rings. The van der Waals surface area contributed by atoms with Gasteiger partial charge in [-0.25, -0.2) is 4.79 Å². The molecule has 0 heterocycles. The lowest BCUT2D eigenvalue weighted by Crippen LogP contribution is -2.27. The van der Waals surface area contributed by atoms with E-state index >= 15 is 0 Å². The summed E-state index contributed by atoms with van der Waals surface area (Å²) >= 11 is 0. The molecule has 0 bridgehead atoms. The number of hydrogen-bond acceptors (Lipinski definition) is 4. The molecule has 2 unspecified atom stereocenters. The van der Waals surface area contributed by atoms with Crippen molar-refractivity contribution in [2.45, 2.75) is 19.9 Å². The van der Waals surface area contributed by atoms with Crippen LogP contribution < -0.4 is 10.6 Å². The fourth-order valence-corrected chi connectivity index (χ4v) is 2.97. The maximum absolute atomic E-state index is 12.4. The fraction of sp³-hybridized carbons (Fsp3) is 0.286. The smallest absolute Gasteiger partial charge is 0.337 e. The number of ether oxygens (including phenoxy) is 1. The van der Waals surface area contributed by atoms with Gasteiger partial charge in [0.1, 0.15) is 0 Å². The molecule has 1 saturated carbocycles. The van der Waals surface area contributed by atoms with Gasteiger partial charge in [-0.05, 0) is 42.7 Å². The Morgan fingerprint density at radius 3 is 2.52 bits per heavy atom. The normalized spacial score (nSPS) is 17.7. The van der Waals surface area contributed by atoms with Gasteiger partial charge in [0.15, 0.2) is 0 Å². The highest BCUT2D eigenvalue weighted by Gasteiger charge is 2.47. The zero-order valence-electron chi connectivity index (χ0n) is 15.3. The lowest BCUT2D eigenvalue weighted by molar-refractivity contribution is -0.125. The van der Waals surface area contributed by atoms with Crippen LogP contribution in [0.5, 0.6) is 0 Å². The van der Waals surface area contributed by atoms with Crippen LogP contribution in [0.15, 0.2) is 48.5 Å². The molecule has 1 aliphatic carbocycles. The van der Waals surface area contributed by atoms with E-state index in [0.29, 0.717) is 24.2 Å². The second kappa shape index (κ2) is 8.03. The molecule has 2 atom stereocenters. The van der Waals surface area contributed by atoms with E-state index in [4.69, 9.17) is 0 Å². The lowest BCUT2D eigenvalue weighted by atomic mass is 10.1. The van der Waals surface area contributed by atoms with Crippen molar-refractivity contribution in [1.82, 2.24) is 5.32 Å². The summed E-state index contributed by atoms with van der Waals surface area (Å²) in [7, 11) is 1.30. The van der Waals surface area contributed by atoms with Crippen molar-refractivity contribution < 1.29 is 19.1 Å². The number of nitrogens with one attached hydrogen (secondary N) is 2. The van der Waals surface area contributed by atoms with Crippen LogP contribution in [0.2, 0.25) is 0 Å². The van der Waals surface area contributed by atoms with E-state index < -0.39 is 5.97 Å².